The van der Waals surface area contributed by atoms with E-state index < -0.39 is 0 Å². The van der Waals surface area contributed by atoms with Crippen LogP contribution in [0.25, 0.3) is 0 Å². The van der Waals surface area contributed by atoms with Crippen molar-refractivity contribution in [1.29, 1.82) is 0 Å². The summed E-state index contributed by atoms with van der Waals surface area (Å²) in [7, 11) is 0. The number of ether oxygens (including phenoxy) is 1. The molecule has 1 atom stereocenters. The number of benzene rings is 1. The van der Waals surface area contributed by atoms with Crippen LogP contribution in [0.15, 0.2) is 36.4 Å². The minimum absolute atomic E-state index is 0.0146. The normalized spacial score (nSPS) is 12.2. The van der Waals surface area contributed by atoms with E-state index >= 15 is 0 Å². The van der Waals surface area contributed by atoms with Gasteiger partial charge in [-0.05, 0) is 43.7 Å². The SMILES string of the molecule is Cc1ccc(OCc2cccc(F)c2)c(CC(C)N)n1. The molecule has 2 rings (SSSR count). The number of nitrogens with zero attached hydrogens (tertiary/aromatic N) is 1. The summed E-state index contributed by atoms with van der Waals surface area (Å²) in [6.45, 7) is 4.18. The monoisotopic (exact) mass is 274 g/mol. The molecule has 106 valence electrons. The van der Waals surface area contributed by atoms with E-state index in [0.717, 1.165) is 17.0 Å². The van der Waals surface area contributed by atoms with Gasteiger partial charge in [-0.25, -0.2) is 4.39 Å². The fourth-order valence-electron chi connectivity index (χ4n) is 1.97. The molecule has 0 radical (unpaired) electrons. The quantitative estimate of drug-likeness (QED) is 0.911. The van der Waals surface area contributed by atoms with E-state index in [1.54, 1.807) is 6.07 Å². The van der Waals surface area contributed by atoms with E-state index in [-0.39, 0.29) is 11.9 Å². The van der Waals surface area contributed by atoms with Gasteiger partial charge in [0.15, 0.2) is 0 Å². The largest absolute Gasteiger partial charge is 0.487 e. The zero-order valence-electron chi connectivity index (χ0n) is 11.8. The van der Waals surface area contributed by atoms with Gasteiger partial charge in [0.1, 0.15) is 18.2 Å². The van der Waals surface area contributed by atoms with Crippen LogP contribution in [0.4, 0.5) is 4.39 Å². The first kappa shape index (κ1) is 14.5. The highest BCUT2D eigenvalue weighted by molar-refractivity contribution is 5.30. The number of hydrogen-bond acceptors (Lipinski definition) is 3. The maximum atomic E-state index is 13.1. The summed E-state index contributed by atoms with van der Waals surface area (Å²) in [6.07, 6.45) is 0.653. The van der Waals surface area contributed by atoms with Crippen molar-refractivity contribution < 1.29 is 9.13 Å². The lowest BCUT2D eigenvalue weighted by Gasteiger charge is -2.13. The van der Waals surface area contributed by atoms with Crippen LogP contribution in [0.2, 0.25) is 0 Å². The van der Waals surface area contributed by atoms with Crippen molar-refractivity contribution in [3.63, 3.8) is 0 Å². The van der Waals surface area contributed by atoms with E-state index in [2.05, 4.69) is 4.98 Å². The first-order valence-corrected chi connectivity index (χ1v) is 6.64. The minimum Gasteiger partial charge on any atom is -0.487 e. The predicted octanol–water partition coefficient (Wildman–Crippen LogP) is 3.00. The molecule has 20 heavy (non-hydrogen) atoms. The van der Waals surface area contributed by atoms with Gasteiger partial charge in [0, 0.05) is 18.2 Å². The minimum atomic E-state index is -0.260. The van der Waals surface area contributed by atoms with Gasteiger partial charge < -0.3 is 10.5 Å². The van der Waals surface area contributed by atoms with Crippen LogP contribution in [0.3, 0.4) is 0 Å². The van der Waals surface area contributed by atoms with Crippen molar-refractivity contribution in [2.24, 2.45) is 5.73 Å². The molecular formula is C16H19FN2O. The van der Waals surface area contributed by atoms with E-state index in [4.69, 9.17) is 10.5 Å². The average Bonchev–Trinajstić information content (AvgIpc) is 2.37. The van der Waals surface area contributed by atoms with E-state index in [1.807, 2.05) is 32.0 Å². The van der Waals surface area contributed by atoms with Crippen LogP contribution in [-0.2, 0) is 13.0 Å². The molecule has 0 saturated heterocycles. The van der Waals surface area contributed by atoms with E-state index in [1.165, 1.54) is 12.1 Å². The Morgan fingerprint density at radius 1 is 1.30 bits per heavy atom. The Balaban J connectivity index is 2.12. The maximum absolute atomic E-state index is 13.1. The lowest BCUT2D eigenvalue weighted by molar-refractivity contribution is 0.300. The Labute approximate surface area is 118 Å². The molecule has 4 heteroatoms. The summed E-state index contributed by atoms with van der Waals surface area (Å²) in [5.74, 6) is 0.445. The van der Waals surface area contributed by atoms with Crippen LogP contribution in [-0.4, -0.2) is 11.0 Å². The van der Waals surface area contributed by atoms with Gasteiger partial charge >= 0.3 is 0 Å². The molecule has 1 aromatic carbocycles. The van der Waals surface area contributed by atoms with Crippen molar-refractivity contribution >= 4 is 0 Å². The lowest BCUT2D eigenvalue weighted by Crippen LogP contribution is -2.19. The maximum Gasteiger partial charge on any atom is 0.141 e. The number of aromatic nitrogens is 1. The Morgan fingerprint density at radius 2 is 2.10 bits per heavy atom. The van der Waals surface area contributed by atoms with Crippen LogP contribution in [0.1, 0.15) is 23.9 Å². The topological polar surface area (TPSA) is 48.1 Å². The first-order valence-electron chi connectivity index (χ1n) is 6.64. The second-order valence-electron chi connectivity index (χ2n) is 5.00. The Hall–Kier alpha value is -1.94. The lowest BCUT2D eigenvalue weighted by atomic mass is 10.1. The molecule has 2 aromatic rings. The predicted molar refractivity (Wildman–Crippen MR) is 77.1 cm³/mol. The molecule has 0 saturated carbocycles. The first-order chi connectivity index (χ1) is 9.54. The third-order valence-corrected chi connectivity index (χ3v) is 2.87. The van der Waals surface area contributed by atoms with Gasteiger partial charge in [0.05, 0.1) is 5.69 Å². The Morgan fingerprint density at radius 3 is 2.80 bits per heavy atom. The van der Waals surface area contributed by atoms with E-state index in [9.17, 15) is 4.39 Å². The molecule has 0 aliphatic rings. The van der Waals surface area contributed by atoms with Crippen molar-refractivity contribution in [3.05, 3.63) is 59.2 Å². The van der Waals surface area contributed by atoms with Crippen LogP contribution in [0.5, 0.6) is 5.75 Å². The summed E-state index contributed by atoms with van der Waals surface area (Å²) in [5, 5.41) is 0. The van der Waals surface area contributed by atoms with Crippen molar-refractivity contribution in [1.82, 2.24) is 4.98 Å². The highest BCUT2D eigenvalue weighted by Crippen LogP contribution is 2.20. The Kier molecular flexibility index (Phi) is 4.69. The van der Waals surface area contributed by atoms with E-state index in [0.29, 0.717) is 18.8 Å². The smallest absolute Gasteiger partial charge is 0.141 e. The molecule has 0 fully saturated rings. The van der Waals surface area contributed by atoms with Crippen LogP contribution >= 0.6 is 0 Å². The second-order valence-corrected chi connectivity index (χ2v) is 5.00. The Bertz CT molecular complexity index is 584. The molecule has 0 amide bonds. The summed E-state index contributed by atoms with van der Waals surface area (Å²) in [6, 6.07) is 10.2. The van der Waals surface area contributed by atoms with Gasteiger partial charge in [-0.1, -0.05) is 12.1 Å². The number of hydrogen-bond donors (Lipinski definition) is 1. The highest BCUT2D eigenvalue weighted by atomic mass is 19.1. The molecule has 0 aliphatic heterocycles. The van der Waals surface area contributed by atoms with Crippen molar-refractivity contribution in [2.45, 2.75) is 32.9 Å². The number of aryl methyl sites for hydroxylation is 1. The van der Waals surface area contributed by atoms with Gasteiger partial charge in [0.25, 0.3) is 0 Å². The standard InChI is InChI=1S/C16H19FN2O/c1-11(18)8-15-16(7-6-12(2)19-15)20-10-13-4-3-5-14(17)9-13/h3-7,9,11H,8,10,18H2,1-2H3. The van der Waals surface area contributed by atoms with Gasteiger partial charge in [-0.2, -0.15) is 0 Å². The number of halogens is 1. The molecule has 0 aliphatic carbocycles. The third kappa shape index (κ3) is 4.03. The van der Waals surface area contributed by atoms with Crippen molar-refractivity contribution in [2.75, 3.05) is 0 Å². The third-order valence-electron chi connectivity index (χ3n) is 2.87. The van der Waals surface area contributed by atoms with Gasteiger partial charge in [0.2, 0.25) is 0 Å². The average molecular weight is 274 g/mol. The fourth-order valence-corrected chi connectivity index (χ4v) is 1.97. The summed E-state index contributed by atoms with van der Waals surface area (Å²) in [4.78, 5) is 4.46. The van der Waals surface area contributed by atoms with Crippen molar-refractivity contribution in [3.8, 4) is 5.75 Å². The molecule has 0 bridgehead atoms. The zero-order valence-corrected chi connectivity index (χ0v) is 11.8. The molecular weight excluding hydrogens is 255 g/mol. The summed E-state index contributed by atoms with van der Waals surface area (Å²) >= 11 is 0. The van der Waals surface area contributed by atoms with Gasteiger partial charge in [-0.15, -0.1) is 0 Å². The summed E-state index contributed by atoms with van der Waals surface area (Å²) < 4.78 is 18.9. The molecule has 1 aromatic heterocycles. The van der Waals surface area contributed by atoms with Crippen LogP contribution in [0, 0.1) is 12.7 Å². The highest BCUT2D eigenvalue weighted by Gasteiger charge is 2.09. The molecule has 2 N–H and O–H groups in total. The molecule has 1 heterocycles. The number of rotatable bonds is 5. The molecule has 0 spiro atoms. The zero-order chi connectivity index (χ0) is 14.5. The summed E-state index contributed by atoms with van der Waals surface area (Å²) in [5.41, 5.74) is 8.39. The number of pyridine rings is 1. The number of nitrogens with two attached hydrogens (primary N) is 1. The molecule has 1 unspecified atom stereocenters. The van der Waals surface area contributed by atoms with Gasteiger partial charge in [-0.3, -0.25) is 4.98 Å². The molecule has 3 nitrogen and oxygen atoms in total. The fraction of sp³-hybridized carbons (Fsp3) is 0.312. The second kappa shape index (κ2) is 6.48. The van der Waals surface area contributed by atoms with Crippen LogP contribution < -0.4 is 10.5 Å².